The van der Waals surface area contributed by atoms with E-state index in [0.717, 1.165) is 37.4 Å². The highest BCUT2D eigenvalue weighted by Crippen LogP contribution is 2.42. The van der Waals surface area contributed by atoms with Gasteiger partial charge in [-0.2, -0.15) is 18.4 Å². The summed E-state index contributed by atoms with van der Waals surface area (Å²) in [4.78, 5) is 27.4. The van der Waals surface area contributed by atoms with E-state index in [4.69, 9.17) is 0 Å². The minimum Gasteiger partial charge on any atom is -0.345 e. The highest BCUT2D eigenvalue weighted by molar-refractivity contribution is 5.90. The lowest BCUT2D eigenvalue weighted by molar-refractivity contribution is -0.137. The molecule has 0 aliphatic carbocycles. The highest BCUT2D eigenvalue weighted by atomic mass is 19.4. The second kappa shape index (κ2) is 10.7. The van der Waals surface area contributed by atoms with Crippen LogP contribution in [0.25, 0.3) is 0 Å². The first-order valence-electron chi connectivity index (χ1n) is 11.0. The minimum atomic E-state index is -4.55. The molecule has 0 unspecified atom stereocenters. The molecule has 1 fully saturated rings. The van der Waals surface area contributed by atoms with Crippen LogP contribution in [0.15, 0.2) is 48.5 Å². The zero-order valence-electron chi connectivity index (χ0n) is 18.9. The number of halogens is 3. The van der Waals surface area contributed by atoms with Gasteiger partial charge in [-0.15, -0.1) is 0 Å². The Morgan fingerprint density at radius 1 is 1.18 bits per heavy atom. The number of nitrogens with zero attached hydrogens (tertiary/aromatic N) is 3. The fourth-order valence-electron chi connectivity index (χ4n) is 4.39. The number of hydrogen-bond donors (Lipinski definition) is 1. The van der Waals surface area contributed by atoms with Gasteiger partial charge in [0.15, 0.2) is 0 Å². The molecule has 1 saturated heterocycles. The number of nitrogens with one attached hydrogen (secondary N) is 1. The van der Waals surface area contributed by atoms with Gasteiger partial charge in [0.05, 0.1) is 11.6 Å². The number of piperidine rings is 1. The molecule has 34 heavy (non-hydrogen) atoms. The van der Waals surface area contributed by atoms with Crippen molar-refractivity contribution in [3.8, 4) is 6.07 Å². The molecule has 2 amide bonds. The maximum absolute atomic E-state index is 12.4. The Morgan fingerprint density at radius 3 is 2.44 bits per heavy atom. The number of anilines is 1. The minimum absolute atomic E-state index is 0.371. The van der Waals surface area contributed by atoms with Gasteiger partial charge in [0.1, 0.15) is 13.1 Å². The van der Waals surface area contributed by atoms with E-state index in [1.165, 1.54) is 5.56 Å². The first kappa shape index (κ1) is 25.2. The SMILES string of the molecule is CC1(c2c(C#N)cccc2N(C=O)CC(=O)NCC(F)(F)F)CCN(Cc2ccccc2)CC1. The van der Waals surface area contributed by atoms with Gasteiger partial charge in [0.25, 0.3) is 0 Å². The fourth-order valence-corrected chi connectivity index (χ4v) is 4.39. The van der Waals surface area contributed by atoms with Gasteiger partial charge in [-0.05, 0) is 54.6 Å². The van der Waals surface area contributed by atoms with Gasteiger partial charge < -0.3 is 10.2 Å². The van der Waals surface area contributed by atoms with Crippen molar-refractivity contribution >= 4 is 18.0 Å². The third kappa shape index (κ3) is 6.35. The number of amides is 2. The molecule has 0 atom stereocenters. The fraction of sp³-hybridized carbons (Fsp3) is 0.400. The molecule has 0 bridgehead atoms. The molecule has 6 nitrogen and oxygen atoms in total. The van der Waals surface area contributed by atoms with Gasteiger partial charge in [-0.25, -0.2) is 0 Å². The summed E-state index contributed by atoms with van der Waals surface area (Å²) in [5, 5.41) is 11.6. The average molecular weight is 473 g/mol. The van der Waals surface area contributed by atoms with Crippen LogP contribution in [-0.4, -0.2) is 49.6 Å². The third-order valence-corrected chi connectivity index (χ3v) is 6.21. The first-order chi connectivity index (χ1) is 16.1. The quantitative estimate of drug-likeness (QED) is 0.594. The van der Waals surface area contributed by atoms with Gasteiger partial charge in [0.2, 0.25) is 12.3 Å². The van der Waals surface area contributed by atoms with Gasteiger partial charge in [-0.1, -0.05) is 43.3 Å². The van der Waals surface area contributed by atoms with Crippen LogP contribution in [0.2, 0.25) is 0 Å². The lowest BCUT2D eigenvalue weighted by Crippen LogP contribution is -2.43. The summed E-state index contributed by atoms with van der Waals surface area (Å²) in [7, 11) is 0. The second-order valence-electron chi connectivity index (χ2n) is 8.76. The number of alkyl halides is 3. The van der Waals surface area contributed by atoms with E-state index in [2.05, 4.69) is 23.1 Å². The van der Waals surface area contributed by atoms with E-state index in [-0.39, 0.29) is 0 Å². The van der Waals surface area contributed by atoms with Crippen molar-refractivity contribution < 1.29 is 22.8 Å². The largest absolute Gasteiger partial charge is 0.405 e. The van der Waals surface area contributed by atoms with Crippen LogP contribution in [0.5, 0.6) is 0 Å². The van der Waals surface area contributed by atoms with Crippen molar-refractivity contribution in [2.45, 2.75) is 37.9 Å². The topological polar surface area (TPSA) is 76.4 Å². The Labute approximate surface area is 197 Å². The van der Waals surface area contributed by atoms with E-state index < -0.39 is 30.6 Å². The summed E-state index contributed by atoms with van der Waals surface area (Å²) in [6.07, 6.45) is -2.69. The van der Waals surface area contributed by atoms with E-state index in [0.29, 0.717) is 23.2 Å². The summed E-state index contributed by atoms with van der Waals surface area (Å²) in [5.74, 6) is -0.930. The maximum atomic E-state index is 12.4. The van der Waals surface area contributed by atoms with Crippen LogP contribution >= 0.6 is 0 Å². The molecule has 0 spiro atoms. The Hall–Kier alpha value is -3.38. The summed E-state index contributed by atoms with van der Waals surface area (Å²) in [6, 6.07) is 17.2. The molecule has 1 N–H and O–H groups in total. The Balaban J connectivity index is 1.80. The van der Waals surface area contributed by atoms with E-state index >= 15 is 0 Å². The highest BCUT2D eigenvalue weighted by Gasteiger charge is 2.37. The summed E-state index contributed by atoms with van der Waals surface area (Å²) in [6.45, 7) is 2.34. The molecule has 1 heterocycles. The van der Waals surface area contributed by atoms with Crippen molar-refractivity contribution in [1.29, 1.82) is 5.26 Å². The number of carbonyl (C=O) groups is 2. The molecule has 2 aromatic rings. The standard InChI is InChI=1S/C25H27F3N4O2/c1-24(10-12-31(13-11-24)15-19-6-3-2-4-7-19)23-20(14-29)8-5-9-21(23)32(18-33)16-22(34)30-17-25(26,27)28/h2-9,18H,10-13,15-17H2,1H3,(H,30,34). The molecule has 0 saturated carbocycles. The molecule has 1 aliphatic heterocycles. The van der Waals surface area contributed by atoms with Crippen molar-refractivity contribution in [2.75, 3.05) is 31.1 Å². The van der Waals surface area contributed by atoms with Gasteiger partial charge >= 0.3 is 6.18 Å². The second-order valence-corrected chi connectivity index (χ2v) is 8.76. The number of rotatable bonds is 8. The van der Waals surface area contributed by atoms with Crippen molar-refractivity contribution in [2.24, 2.45) is 0 Å². The summed E-state index contributed by atoms with van der Waals surface area (Å²) >= 11 is 0. The summed E-state index contributed by atoms with van der Waals surface area (Å²) < 4.78 is 37.3. The molecule has 0 radical (unpaired) electrons. The normalized spacial score (nSPS) is 15.9. The van der Waals surface area contributed by atoms with Crippen molar-refractivity contribution in [3.05, 3.63) is 65.2 Å². The van der Waals surface area contributed by atoms with Crippen LogP contribution in [0.1, 0.15) is 36.5 Å². The first-order valence-corrected chi connectivity index (χ1v) is 11.0. The number of likely N-dealkylation sites (tertiary alicyclic amines) is 1. The zero-order chi connectivity index (χ0) is 24.8. The number of carbonyl (C=O) groups excluding carboxylic acids is 2. The van der Waals surface area contributed by atoms with Crippen LogP contribution in [0.4, 0.5) is 18.9 Å². The lowest BCUT2D eigenvalue weighted by atomic mass is 9.72. The van der Waals surface area contributed by atoms with Crippen LogP contribution in [0.3, 0.4) is 0 Å². The molecular weight excluding hydrogens is 445 g/mol. The maximum Gasteiger partial charge on any atom is 0.405 e. The zero-order valence-corrected chi connectivity index (χ0v) is 18.9. The molecule has 2 aromatic carbocycles. The average Bonchev–Trinajstić information content (AvgIpc) is 2.82. The predicted molar refractivity (Wildman–Crippen MR) is 122 cm³/mol. The van der Waals surface area contributed by atoms with Gasteiger partial charge in [0, 0.05) is 12.2 Å². The Kier molecular flexibility index (Phi) is 7.94. The van der Waals surface area contributed by atoms with E-state index in [1.807, 2.05) is 25.1 Å². The molecular formula is C25H27F3N4O2. The Bertz CT molecular complexity index is 1040. The lowest BCUT2D eigenvalue weighted by Gasteiger charge is -2.42. The van der Waals surface area contributed by atoms with E-state index in [1.54, 1.807) is 23.5 Å². The number of benzene rings is 2. The van der Waals surface area contributed by atoms with Gasteiger partial charge in [-0.3, -0.25) is 14.5 Å². The Morgan fingerprint density at radius 2 is 1.85 bits per heavy atom. The predicted octanol–water partition coefficient (Wildman–Crippen LogP) is 3.75. The molecule has 1 aliphatic rings. The van der Waals surface area contributed by atoms with Crippen LogP contribution in [-0.2, 0) is 21.5 Å². The van der Waals surface area contributed by atoms with Crippen LogP contribution in [0, 0.1) is 11.3 Å². The third-order valence-electron chi connectivity index (χ3n) is 6.21. The summed E-state index contributed by atoms with van der Waals surface area (Å²) in [5.41, 5.74) is 2.17. The molecule has 3 rings (SSSR count). The number of nitriles is 1. The number of hydrogen-bond acceptors (Lipinski definition) is 4. The van der Waals surface area contributed by atoms with E-state index in [9.17, 15) is 28.0 Å². The van der Waals surface area contributed by atoms with Crippen molar-refractivity contribution in [1.82, 2.24) is 10.2 Å². The monoisotopic (exact) mass is 472 g/mol. The smallest absolute Gasteiger partial charge is 0.345 e. The van der Waals surface area contributed by atoms with Crippen molar-refractivity contribution in [3.63, 3.8) is 0 Å². The molecule has 180 valence electrons. The molecule has 0 aromatic heterocycles. The molecule has 9 heteroatoms. The van der Waals surface area contributed by atoms with Crippen LogP contribution < -0.4 is 10.2 Å².